The van der Waals surface area contributed by atoms with Gasteiger partial charge in [-0.25, -0.2) is 4.39 Å². The van der Waals surface area contributed by atoms with Crippen molar-refractivity contribution in [1.29, 1.82) is 0 Å². The minimum Gasteiger partial charge on any atom is -0.368 e. The number of hydrogen-bond donors (Lipinski definition) is 0. The summed E-state index contributed by atoms with van der Waals surface area (Å²) < 4.78 is 14.4. The molecule has 0 heterocycles. The van der Waals surface area contributed by atoms with Crippen LogP contribution in [0, 0.1) is 19.5 Å². The van der Waals surface area contributed by atoms with Gasteiger partial charge in [-0.2, -0.15) is 0 Å². The number of nitro groups is 1. The summed E-state index contributed by atoms with van der Waals surface area (Å²) in [5.74, 6) is -0.256. The monoisotopic (exact) mass is 400 g/mol. The van der Waals surface area contributed by atoms with Gasteiger partial charge in [0.05, 0.1) is 14.5 Å². The Morgan fingerprint density at radius 3 is 2.52 bits per heavy atom. The lowest BCUT2D eigenvalue weighted by Gasteiger charge is -2.27. The Morgan fingerprint density at radius 2 is 1.95 bits per heavy atom. The molecule has 21 heavy (non-hydrogen) atoms. The van der Waals surface area contributed by atoms with Crippen LogP contribution in [-0.2, 0) is 0 Å². The summed E-state index contributed by atoms with van der Waals surface area (Å²) in [5.41, 5.74) is 1.47. The smallest absolute Gasteiger partial charge is 0.282 e. The normalized spacial score (nSPS) is 12.0. The van der Waals surface area contributed by atoms with E-state index in [2.05, 4.69) is 0 Å². The van der Waals surface area contributed by atoms with Gasteiger partial charge in [-0.3, -0.25) is 10.1 Å². The molecule has 0 aliphatic heterocycles. The van der Waals surface area contributed by atoms with Crippen molar-refractivity contribution >= 4 is 34.0 Å². The van der Waals surface area contributed by atoms with Gasteiger partial charge in [0.15, 0.2) is 0 Å². The van der Waals surface area contributed by atoms with Gasteiger partial charge in [-0.1, -0.05) is 18.2 Å². The van der Waals surface area contributed by atoms with E-state index in [1.807, 2.05) is 41.5 Å². The molecule has 2 rings (SSSR count). The summed E-state index contributed by atoms with van der Waals surface area (Å²) >= 11 is 1.94. The van der Waals surface area contributed by atoms with Crippen LogP contribution in [0.1, 0.15) is 18.5 Å². The van der Waals surface area contributed by atoms with Crippen LogP contribution in [0.15, 0.2) is 42.5 Å². The predicted molar refractivity (Wildman–Crippen MR) is 89.0 cm³/mol. The third-order valence-electron chi connectivity index (χ3n) is 3.47. The highest BCUT2D eigenvalue weighted by Gasteiger charge is 2.18. The van der Waals surface area contributed by atoms with E-state index in [1.165, 1.54) is 12.1 Å². The molecule has 1 atom stereocenters. The highest BCUT2D eigenvalue weighted by molar-refractivity contribution is 14.1. The molecular weight excluding hydrogens is 386 g/mol. The van der Waals surface area contributed by atoms with E-state index in [4.69, 9.17) is 0 Å². The molecule has 1 unspecified atom stereocenters. The van der Waals surface area contributed by atoms with Crippen LogP contribution in [0.3, 0.4) is 0 Å². The number of nitrogens with zero attached hydrogens (tertiary/aromatic N) is 2. The molecule has 0 saturated carbocycles. The Morgan fingerprint density at radius 1 is 1.29 bits per heavy atom. The van der Waals surface area contributed by atoms with Crippen LogP contribution < -0.4 is 4.90 Å². The lowest BCUT2D eigenvalue weighted by Crippen LogP contribution is -2.22. The van der Waals surface area contributed by atoms with E-state index in [1.54, 1.807) is 30.3 Å². The molecule has 0 N–H and O–H groups in total. The van der Waals surface area contributed by atoms with Crippen molar-refractivity contribution in [3.63, 3.8) is 0 Å². The highest BCUT2D eigenvalue weighted by Crippen LogP contribution is 2.31. The zero-order valence-electron chi connectivity index (χ0n) is 11.6. The fourth-order valence-corrected chi connectivity index (χ4v) is 2.81. The molecule has 6 heteroatoms. The van der Waals surface area contributed by atoms with Crippen LogP contribution in [0.4, 0.5) is 15.8 Å². The Hall–Kier alpha value is -1.70. The van der Waals surface area contributed by atoms with Gasteiger partial charge in [-0.05, 0) is 47.7 Å². The van der Waals surface area contributed by atoms with Crippen molar-refractivity contribution < 1.29 is 9.31 Å². The first-order chi connectivity index (χ1) is 9.91. The zero-order chi connectivity index (χ0) is 15.6. The van der Waals surface area contributed by atoms with Crippen molar-refractivity contribution in [2.75, 3.05) is 11.9 Å². The molecule has 4 nitrogen and oxygen atoms in total. The number of halogens is 2. The molecule has 0 bridgehead atoms. The van der Waals surface area contributed by atoms with E-state index in [9.17, 15) is 14.5 Å². The van der Waals surface area contributed by atoms with Crippen molar-refractivity contribution in [3.8, 4) is 0 Å². The standard InChI is InChI=1S/C15H14FIN2O2/c1-10(12-5-3-4-6-13(12)16)18(2)11-7-8-15(19(20)21)14(17)9-11/h3-10H,1-2H3. The Kier molecular flexibility index (Phi) is 4.76. The first-order valence-electron chi connectivity index (χ1n) is 6.33. The second kappa shape index (κ2) is 6.38. The quantitative estimate of drug-likeness (QED) is 0.430. The molecule has 110 valence electrons. The van der Waals surface area contributed by atoms with Gasteiger partial charge >= 0.3 is 0 Å². The third kappa shape index (κ3) is 3.31. The van der Waals surface area contributed by atoms with E-state index >= 15 is 0 Å². The number of hydrogen-bond acceptors (Lipinski definition) is 3. The fourth-order valence-electron chi connectivity index (χ4n) is 2.11. The second-order valence-corrected chi connectivity index (χ2v) is 5.86. The summed E-state index contributed by atoms with van der Waals surface area (Å²) in [6.45, 7) is 1.90. The number of benzene rings is 2. The minimum atomic E-state index is -0.411. The molecular formula is C15H14FIN2O2. The first-order valence-corrected chi connectivity index (χ1v) is 7.41. The minimum absolute atomic E-state index is 0.0753. The van der Waals surface area contributed by atoms with Crippen molar-refractivity contribution in [2.24, 2.45) is 0 Å². The van der Waals surface area contributed by atoms with Crippen LogP contribution in [-0.4, -0.2) is 12.0 Å². The summed E-state index contributed by atoms with van der Waals surface area (Å²) in [6.07, 6.45) is 0. The SMILES string of the molecule is CC(c1ccccc1F)N(C)c1ccc([N+](=O)[O-])c(I)c1. The number of nitro benzene ring substituents is 1. The largest absolute Gasteiger partial charge is 0.368 e. The summed E-state index contributed by atoms with van der Waals surface area (Å²) in [6, 6.07) is 11.3. The average molecular weight is 400 g/mol. The van der Waals surface area contributed by atoms with Gasteiger partial charge < -0.3 is 4.90 Å². The van der Waals surface area contributed by atoms with E-state index in [0.29, 0.717) is 9.13 Å². The third-order valence-corrected chi connectivity index (χ3v) is 4.34. The van der Waals surface area contributed by atoms with E-state index in [-0.39, 0.29) is 17.5 Å². The average Bonchev–Trinajstić information content (AvgIpc) is 2.45. The van der Waals surface area contributed by atoms with Crippen LogP contribution in [0.5, 0.6) is 0 Å². The molecule has 0 aliphatic rings. The number of anilines is 1. The molecule has 0 aliphatic carbocycles. The highest BCUT2D eigenvalue weighted by atomic mass is 127. The zero-order valence-corrected chi connectivity index (χ0v) is 13.7. The van der Waals surface area contributed by atoms with Gasteiger partial charge in [-0.15, -0.1) is 0 Å². The summed E-state index contributed by atoms with van der Waals surface area (Å²) in [4.78, 5) is 12.3. The van der Waals surface area contributed by atoms with Crippen LogP contribution in [0.2, 0.25) is 0 Å². The molecule has 0 spiro atoms. The van der Waals surface area contributed by atoms with Crippen molar-refractivity contribution in [2.45, 2.75) is 13.0 Å². The molecule has 0 fully saturated rings. The molecule has 0 amide bonds. The van der Waals surface area contributed by atoms with Crippen molar-refractivity contribution in [3.05, 3.63) is 67.5 Å². The van der Waals surface area contributed by atoms with E-state index in [0.717, 1.165) is 5.69 Å². The maximum absolute atomic E-state index is 13.8. The Balaban J connectivity index is 2.32. The second-order valence-electron chi connectivity index (χ2n) is 4.70. The predicted octanol–water partition coefficient (Wildman–Crippen LogP) is 4.54. The number of rotatable bonds is 4. The molecule has 0 radical (unpaired) electrons. The lowest BCUT2D eigenvalue weighted by molar-refractivity contribution is -0.385. The summed E-state index contributed by atoms with van der Waals surface area (Å²) in [7, 11) is 1.84. The first kappa shape index (κ1) is 15.7. The van der Waals surface area contributed by atoms with Gasteiger partial charge in [0.2, 0.25) is 0 Å². The van der Waals surface area contributed by atoms with Gasteiger partial charge in [0.25, 0.3) is 5.69 Å². The van der Waals surface area contributed by atoms with E-state index < -0.39 is 4.92 Å². The van der Waals surface area contributed by atoms with Crippen molar-refractivity contribution in [1.82, 2.24) is 0 Å². The molecule has 0 aromatic heterocycles. The van der Waals surface area contributed by atoms with Crippen LogP contribution in [0.25, 0.3) is 0 Å². The maximum Gasteiger partial charge on any atom is 0.282 e. The van der Waals surface area contributed by atoms with Crippen LogP contribution >= 0.6 is 22.6 Å². The van der Waals surface area contributed by atoms with Gasteiger partial charge in [0.1, 0.15) is 5.82 Å². The molecule has 0 saturated heterocycles. The van der Waals surface area contributed by atoms with Gasteiger partial charge in [0, 0.05) is 24.4 Å². The summed E-state index contributed by atoms with van der Waals surface area (Å²) in [5, 5.41) is 10.8. The fraction of sp³-hybridized carbons (Fsp3) is 0.200. The molecule has 2 aromatic rings. The topological polar surface area (TPSA) is 46.4 Å². The maximum atomic E-state index is 13.8. The lowest BCUT2D eigenvalue weighted by atomic mass is 10.1. The molecule has 2 aromatic carbocycles. The Bertz CT molecular complexity index is 678. The Labute approximate surface area is 135 Å².